The van der Waals surface area contributed by atoms with E-state index in [9.17, 15) is 9.59 Å². The molecule has 1 aliphatic heterocycles. The molecule has 0 aromatic carbocycles. The molecule has 0 unspecified atom stereocenters. The molecule has 0 radical (unpaired) electrons. The number of likely N-dealkylation sites (N-methyl/N-ethyl adjacent to an activating group) is 1. The number of furan rings is 1. The van der Waals surface area contributed by atoms with Crippen molar-refractivity contribution in [2.24, 2.45) is 5.10 Å². The third-order valence-electron chi connectivity index (χ3n) is 5.06. The number of thiophene rings is 2. The number of carbonyl (C=O) groups is 2. The van der Waals surface area contributed by atoms with Crippen LogP contribution in [0.5, 0.6) is 0 Å². The van der Waals surface area contributed by atoms with Crippen LogP contribution in [-0.4, -0.2) is 47.1 Å². The van der Waals surface area contributed by atoms with Gasteiger partial charge in [0.15, 0.2) is 0 Å². The Hall–Kier alpha value is -2.75. The van der Waals surface area contributed by atoms with Gasteiger partial charge in [-0.3, -0.25) is 14.5 Å². The number of nitrogens with one attached hydrogen (secondary N) is 1. The van der Waals surface area contributed by atoms with Crippen LogP contribution >= 0.6 is 22.7 Å². The van der Waals surface area contributed by atoms with E-state index in [1.54, 1.807) is 28.9 Å². The average Bonchev–Trinajstić information content (AvgIpc) is 3.58. The summed E-state index contributed by atoms with van der Waals surface area (Å²) in [6, 6.07) is 11.3. The SMILES string of the molecule is CCN(CC(=O)NCc1cccs1)CC(=O)N1N=C(c2cccs2)C[C@H]1c1ccco1. The van der Waals surface area contributed by atoms with Crippen LogP contribution in [0.3, 0.4) is 0 Å². The molecule has 7 nitrogen and oxygen atoms in total. The van der Waals surface area contributed by atoms with Gasteiger partial charge in [0.25, 0.3) is 5.91 Å². The van der Waals surface area contributed by atoms with Gasteiger partial charge in [-0.05, 0) is 41.6 Å². The molecule has 0 bridgehead atoms. The molecule has 162 valence electrons. The standard InChI is InChI=1S/C22H24N4O3S2/c1-2-25(14-21(27)23-13-16-6-4-10-30-16)15-22(28)26-18(19-7-3-9-29-19)12-17(24-26)20-8-5-11-31-20/h3-11,18H,2,12-15H2,1H3,(H,23,27)/t18-/m0/s1. The summed E-state index contributed by atoms with van der Waals surface area (Å²) in [5.41, 5.74) is 0.876. The van der Waals surface area contributed by atoms with Crippen molar-refractivity contribution >= 4 is 40.2 Å². The van der Waals surface area contributed by atoms with Gasteiger partial charge in [0.05, 0.1) is 36.5 Å². The summed E-state index contributed by atoms with van der Waals surface area (Å²) >= 11 is 3.21. The lowest BCUT2D eigenvalue weighted by atomic mass is 10.1. The van der Waals surface area contributed by atoms with Crippen LogP contribution < -0.4 is 5.32 Å². The van der Waals surface area contributed by atoms with E-state index in [0.717, 1.165) is 15.5 Å². The molecule has 0 spiro atoms. The zero-order valence-corrected chi connectivity index (χ0v) is 18.8. The molecule has 1 N–H and O–H groups in total. The highest BCUT2D eigenvalue weighted by atomic mass is 32.1. The lowest BCUT2D eigenvalue weighted by Gasteiger charge is -2.24. The Balaban J connectivity index is 1.40. The predicted molar refractivity (Wildman–Crippen MR) is 122 cm³/mol. The first-order valence-corrected chi connectivity index (χ1v) is 11.9. The Morgan fingerprint density at radius 1 is 1.19 bits per heavy atom. The van der Waals surface area contributed by atoms with Gasteiger partial charge in [-0.2, -0.15) is 5.10 Å². The van der Waals surface area contributed by atoms with Crippen molar-refractivity contribution in [1.82, 2.24) is 15.2 Å². The number of hydrazone groups is 1. The third kappa shape index (κ3) is 5.30. The number of nitrogens with zero attached hydrogens (tertiary/aromatic N) is 3. The molecule has 0 saturated carbocycles. The number of hydrogen-bond donors (Lipinski definition) is 1. The second kappa shape index (κ2) is 10.0. The van der Waals surface area contributed by atoms with E-state index in [1.165, 1.54) is 5.01 Å². The van der Waals surface area contributed by atoms with Gasteiger partial charge >= 0.3 is 0 Å². The Labute approximate surface area is 189 Å². The van der Waals surface area contributed by atoms with Crippen molar-refractivity contribution in [2.75, 3.05) is 19.6 Å². The molecule has 3 aromatic heterocycles. The second-order valence-corrected chi connectivity index (χ2v) is 9.14. The largest absolute Gasteiger partial charge is 0.467 e. The predicted octanol–water partition coefficient (Wildman–Crippen LogP) is 3.72. The first kappa shape index (κ1) is 21.5. The molecule has 0 fully saturated rings. The number of carbonyl (C=O) groups excluding carboxylic acids is 2. The highest BCUT2D eigenvalue weighted by Gasteiger charge is 2.35. The summed E-state index contributed by atoms with van der Waals surface area (Å²) in [4.78, 5) is 29.5. The second-order valence-electron chi connectivity index (χ2n) is 7.16. The fourth-order valence-corrected chi connectivity index (χ4v) is 4.80. The van der Waals surface area contributed by atoms with E-state index in [-0.39, 0.29) is 30.9 Å². The van der Waals surface area contributed by atoms with Crippen molar-refractivity contribution in [3.8, 4) is 0 Å². The van der Waals surface area contributed by atoms with E-state index in [0.29, 0.717) is 25.3 Å². The summed E-state index contributed by atoms with van der Waals surface area (Å²) in [6.45, 7) is 3.30. The van der Waals surface area contributed by atoms with Crippen molar-refractivity contribution in [1.29, 1.82) is 0 Å². The van der Waals surface area contributed by atoms with E-state index in [1.807, 2.05) is 59.0 Å². The van der Waals surface area contributed by atoms with Crippen LogP contribution in [0.1, 0.15) is 34.9 Å². The highest BCUT2D eigenvalue weighted by molar-refractivity contribution is 7.12. The normalized spacial score (nSPS) is 16.0. The van der Waals surface area contributed by atoms with Gasteiger partial charge in [-0.15, -0.1) is 22.7 Å². The first-order valence-electron chi connectivity index (χ1n) is 10.1. The molecule has 4 rings (SSSR count). The molecule has 1 aliphatic rings. The molecule has 2 amide bonds. The fraction of sp³-hybridized carbons (Fsp3) is 0.318. The Morgan fingerprint density at radius 2 is 2.03 bits per heavy atom. The van der Waals surface area contributed by atoms with E-state index in [2.05, 4.69) is 10.4 Å². The van der Waals surface area contributed by atoms with Crippen LogP contribution in [0.2, 0.25) is 0 Å². The van der Waals surface area contributed by atoms with Gasteiger partial charge in [0.2, 0.25) is 5.91 Å². The maximum Gasteiger partial charge on any atom is 0.257 e. The smallest absolute Gasteiger partial charge is 0.257 e. The quantitative estimate of drug-likeness (QED) is 0.532. The van der Waals surface area contributed by atoms with Crippen LogP contribution in [0, 0.1) is 0 Å². The van der Waals surface area contributed by atoms with Gasteiger partial charge in [-0.1, -0.05) is 19.1 Å². The summed E-state index contributed by atoms with van der Waals surface area (Å²) < 4.78 is 5.59. The maximum absolute atomic E-state index is 13.2. The third-order valence-corrected chi connectivity index (χ3v) is 6.85. The van der Waals surface area contributed by atoms with Gasteiger partial charge in [0.1, 0.15) is 11.8 Å². The zero-order chi connectivity index (χ0) is 21.6. The van der Waals surface area contributed by atoms with Gasteiger partial charge < -0.3 is 9.73 Å². The van der Waals surface area contributed by atoms with Crippen LogP contribution in [0.15, 0.2) is 62.9 Å². The summed E-state index contributed by atoms with van der Waals surface area (Å²) in [7, 11) is 0. The highest BCUT2D eigenvalue weighted by Crippen LogP contribution is 2.34. The molecule has 31 heavy (non-hydrogen) atoms. The Bertz CT molecular complexity index is 1010. The van der Waals surface area contributed by atoms with Gasteiger partial charge in [-0.25, -0.2) is 5.01 Å². The molecule has 1 atom stereocenters. The Morgan fingerprint density at radius 3 is 2.71 bits per heavy atom. The summed E-state index contributed by atoms with van der Waals surface area (Å²) in [6.07, 6.45) is 2.21. The topological polar surface area (TPSA) is 78.2 Å². The minimum Gasteiger partial charge on any atom is -0.467 e. The van der Waals surface area contributed by atoms with Crippen molar-refractivity contribution in [3.63, 3.8) is 0 Å². The van der Waals surface area contributed by atoms with Crippen molar-refractivity contribution in [3.05, 3.63) is 68.9 Å². The summed E-state index contributed by atoms with van der Waals surface area (Å²) in [5, 5.41) is 13.0. The van der Waals surface area contributed by atoms with Crippen LogP contribution in [-0.2, 0) is 16.1 Å². The monoisotopic (exact) mass is 456 g/mol. The number of rotatable bonds is 9. The summed E-state index contributed by atoms with van der Waals surface area (Å²) in [5.74, 6) is 0.455. The molecule has 0 saturated heterocycles. The molecule has 4 heterocycles. The fourth-order valence-electron chi connectivity index (χ4n) is 3.44. The van der Waals surface area contributed by atoms with Crippen LogP contribution in [0.4, 0.5) is 0 Å². The van der Waals surface area contributed by atoms with E-state index in [4.69, 9.17) is 4.42 Å². The van der Waals surface area contributed by atoms with E-state index >= 15 is 0 Å². The lowest BCUT2D eigenvalue weighted by molar-refractivity contribution is -0.135. The molecule has 9 heteroatoms. The van der Waals surface area contributed by atoms with Crippen LogP contribution in [0.25, 0.3) is 0 Å². The molecular formula is C22H24N4O3S2. The van der Waals surface area contributed by atoms with E-state index < -0.39 is 0 Å². The van der Waals surface area contributed by atoms with Crippen molar-refractivity contribution in [2.45, 2.75) is 25.9 Å². The molecule has 0 aliphatic carbocycles. The molecular weight excluding hydrogens is 432 g/mol. The minimum absolute atomic E-state index is 0.102. The first-order chi connectivity index (χ1) is 15.1. The van der Waals surface area contributed by atoms with Gasteiger partial charge in [0, 0.05) is 11.3 Å². The average molecular weight is 457 g/mol. The Kier molecular flexibility index (Phi) is 6.96. The van der Waals surface area contributed by atoms with Crippen molar-refractivity contribution < 1.29 is 14.0 Å². The maximum atomic E-state index is 13.2. The minimum atomic E-state index is -0.272. The molecule has 3 aromatic rings. The number of hydrogen-bond acceptors (Lipinski definition) is 7. The lowest BCUT2D eigenvalue weighted by Crippen LogP contribution is -2.43. The zero-order valence-electron chi connectivity index (χ0n) is 17.2. The number of amides is 2.